The fourth-order valence-corrected chi connectivity index (χ4v) is 1.84. The third kappa shape index (κ3) is 3.18. The number of carbonyl (C=O) groups is 1. The summed E-state index contributed by atoms with van der Waals surface area (Å²) in [5.41, 5.74) is -0.541. The van der Waals surface area contributed by atoms with Crippen LogP contribution in [-0.2, 0) is 0 Å². The minimum Gasteiger partial charge on any atom is -0.497 e. The van der Waals surface area contributed by atoms with Crippen LogP contribution in [0.4, 0.5) is 8.78 Å². The molecule has 0 aliphatic heterocycles. The quantitative estimate of drug-likeness (QED) is 0.490. The third-order valence-corrected chi connectivity index (χ3v) is 3.01. The van der Waals surface area contributed by atoms with Crippen LogP contribution in [0.25, 0.3) is 6.08 Å². The first kappa shape index (κ1) is 15.4. The molecule has 110 valence electrons. The molecular weight excluding hydrogens is 288 g/mol. The van der Waals surface area contributed by atoms with Crippen molar-refractivity contribution in [1.29, 1.82) is 5.26 Å². The van der Waals surface area contributed by atoms with E-state index in [4.69, 9.17) is 10.00 Å². The highest BCUT2D eigenvalue weighted by atomic mass is 19.1. The fourth-order valence-electron chi connectivity index (χ4n) is 1.84. The van der Waals surface area contributed by atoms with Crippen molar-refractivity contribution in [1.82, 2.24) is 0 Å². The molecule has 0 aromatic heterocycles. The number of rotatable bonds is 4. The number of ether oxygens (including phenoxy) is 1. The standard InChI is InChI=1S/C17H11F2NO2/c1-22-13-7-5-11(6-8-13)17(21)12(10-20)9-14-15(18)3-2-4-16(14)19/h2-9H,1H3/b12-9+. The van der Waals surface area contributed by atoms with Gasteiger partial charge in [0.1, 0.15) is 29.0 Å². The van der Waals surface area contributed by atoms with Crippen molar-refractivity contribution in [3.8, 4) is 11.8 Å². The second kappa shape index (κ2) is 6.64. The molecule has 0 saturated heterocycles. The maximum atomic E-state index is 13.6. The van der Waals surface area contributed by atoms with Gasteiger partial charge in [0.2, 0.25) is 5.78 Å². The van der Waals surface area contributed by atoms with Crippen molar-refractivity contribution in [2.45, 2.75) is 0 Å². The smallest absolute Gasteiger partial charge is 0.203 e. The second-order valence-corrected chi connectivity index (χ2v) is 4.36. The van der Waals surface area contributed by atoms with Crippen LogP contribution in [0.3, 0.4) is 0 Å². The van der Waals surface area contributed by atoms with Crippen molar-refractivity contribution in [3.05, 3.63) is 70.8 Å². The number of ketones is 1. The molecule has 2 aromatic carbocycles. The summed E-state index contributed by atoms with van der Waals surface area (Å²) in [6.07, 6.45) is 0.914. The lowest BCUT2D eigenvalue weighted by molar-refractivity contribution is 0.104. The van der Waals surface area contributed by atoms with E-state index >= 15 is 0 Å². The average Bonchev–Trinajstić information content (AvgIpc) is 2.54. The molecule has 0 N–H and O–H groups in total. The van der Waals surface area contributed by atoms with Gasteiger partial charge >= 0.3 is 0 Å². The molecule has 2 aromatic rings. The lowest BCUT2D eigenvalue weighted by Crippen LogP contribution is -2.02. The van der Waals surface area contributed by atoms with Gasteiger partial charge in [0.05, 0.1) is 7.11 Å². The van der Waals surface area contributed by atoms with Crippen LogP contribution in [0.1, 0.15) is 15.9 Å². The van der Waals surface area contributed by atoms with E-state index in [1.165, 1.54) is 25.3 Å². The predicted octanol–water partition coefficient (Wildman–Crippen LogP) is 3.76. The Labute approximate surface area is 126 Å². The number of allylic oxidation sites excluding steroid dienone is 1. The summed E-state index contributed by atoms with van der Waals surface area (Å²) in [7, 11) is 1.48. The molecule has 5 heteroatoms. The number of hydrogen-bond acceptors (Lipinski definition) is 3. The topological polar surface area (TPSA) is 50.1 Å². The Morgan fingerprint density at radius 2 is 1.73 bits per heavy atom. The van der Waals surface area contributed by atoms with Gasteiger partial charge in [0.25, 0.3) is 0 Å². The zero-order valence-corrected chi connectivity index (χ0v) is 11.6. The zero-order valence-electron chi connectivity index (χ0n) is 11.6. The Balaban J connectivity index is 2.41. The van der Waals surface area contributed by atoms with Crippen LogP contribution in [0.15, 0.2) is 48.0 Å². The molecule has 0 spiro atoms. The first-order valence-electron chi connectivity index (χ1n) is 6.31. The van der Waals surface area contributed by atoms with E-state index in [9.17, 15) is 13.6 Å². The van der Waals surface area contributed by atoms with Gasteiger partial charge in [-0.05, 0) is 42.5 Å². The molecule has 0 heterocycles. The molecule has 0 aliphatic rings. The minimum atomic E-state index is -0.838. The van der Waals surface area contributed by atoms with Gasteiger partial charge in [0.15, 0.2) is 0 Å². The first-order valence-corrected chi connectivity index (χ1v) is 6.31. The lowest BCUT2D eigenvalue weighted by Gasteiger charge is -2.03. The number of benzene rings is 2. The number of Topliss-reactive ketones (excluding diaryl/α,β-unsaturated/α-hetero) is 1. The van der Waals surface area contributed by atoms with Gasteiger partial charge in [-0.25, -0.2) is 8.78 Å². The Morgan fingerprint density at radius 3 is 2.23 bits per heavy atom. The van der Waals surface area contributed by atoms with Crippen LogP contribution in [0.2, 0.25) is 0 Å². The molecule has 0 amide bonds. The van der Waals surface area contributed by atoms with Gasteiger partial charge in [-0.1, -0.05) is 6.07 Å². The predicted molar refractivity (Wildman–Crippen MR) is 77.3 cm³/mol. The van der Waals surface area contributed by atoms with E-state index in [1.807, 2.05) is 0 Å². The monoisotopic (exact) mass is 299 g/mol. The highest BCUT2D eigenvalue weighted by Gasteiger charge is 2.15. The van der Waals surface area contributed by atoms with E-state index in [1.54, 1.807) is 18.2 Å². The zero-order chi connectivity index (χ0) is 16.1. The summed E-state index contributed by atoms with van der Waals surface area (Å²) in [6.45, 7) is 0. The number of nitrogens with zero attached hydrogens (tertiary/aromatic N) is 1. The number of halogens is 2. The Kier molecular flexibility index (Phi) is 4.64. The highest BCUT2D eigenvalue weighted by Crippen LogP contribution is 2.19. The Hall–Kier alpha value is -3.00. The van der Waals surface area contributed by atoms with Gasteiger partial charge in [-0.3, -0.25) is 4.79 Å². The summed E-state index contributed by atoms with van der Waals surface area (Å²) in [5.74, 6) is -1.74. The molecule has 0 fully saturated rings. The molecule has 0 unspecified atom stereocenters. The van der Waals surface area contributed by atoms with Crippen LogP contribution in [0, 0.1) is 23.0 Å². The van der Waals surface area contributed by atoms with Crippen LogP contribution in [0.5, 0.6) is 5.75 Å². The van der Waals surface area contributed by atoms with E-state index < -0.39 is 23.0 Å². The van der Waals surface area contributed by atoms with Crippen LogP contribution >= 0.6 is 0 Å². The normalized spacial score (nSPS) is 10.9. The largest absolute Gasteiger partial charge is 0.497 e. The van der Waals surface area contributed by atoms with Gasteiger partial charge < -0.3 is 4.74 Å². The van der Waals surface area contributed by atoms with Crippen LogP contribution < -0.4 is 4.74 Å². The maximum Gasteiger partial charge on any atom is 0.203 e. The molecule has 0 atom stereocenters. The number of nitriles is 1. The molecular formula is C17H11F2NO2. The second-order valence-electron chi connectivity index (χ2n) is 4.36. The van der Waals surface area contributed by atoms with E-state index in [2.05, 4.69) is 0 Å². The number of carbonyl (C=O) groups excluding carboxylic acids is 1. The molecule has 2 rings (SSSR count). The van der Waals surface area contributed by atoms with Crippen molar-refractivity contribution in [2.75, 3.05) is 7.11 Å². The summed E-state index contributed by atoms with van der Waals surface area (Å²) < 4.78 is 32.2. The van der Waals surface area contributed by atoms with Gasteiger partial charge in [-0.15, -0.1) is 0 Å². The highest BCUT2D eigenvalue weighted by molar-refractivity contribution is 6.14. The SMILES string of the molecule is COc1ccc(C(=O)/C(C#N)=C/c2c(F)cccc2F)cc1. The van der Waals surface area contributed by atoms with Crippen molar-refractivity contribution < 1.29 is 18.3 Å². The maximum absolute atomic E-state index is 13.6. The van der Waals surface area contributed by atoms with E-state index in [0.717, 1.165) is 18.2 Å². The summed E-state index contributed by atoms with van der Waals surface area (Å²) >= 11 is 0. The van der Waals surface area contributed by atoms with Crippen molar-refractivity contribution in [2.24, 2.45) is 0 Å². The van der Waals surface area contributed by atoms with E-state index in [-0.39, 0.29) is 11.1 Å². The third-order valence-electron chi connectivity index (χ3n) is 3.01. The molecule has 0 aliphatic carbocycles. The molecule has 0 saturated carbocycles. The van der Waals surface area contributed by atoms with E-state index in [0.29, 0.717) is 5.75 Å². The minimum absolute atomic E-state index is 0.227. The van der Waals surface area contributed by atoms with Crippen molar-refractivity contribution in [3.63, 3.8) is 0 Å². The average molecular weight is 299 g/mol. The summed E-state index contributed by atoms with van der Waals surface area (Å²) in [5, 5.41) is 9.09. The fraction of sp³-hybridized carbons (Fsp3) is 0.0588. The molecule has 0 radical (unpaired) electrons. The van der Waals surface area contributed by atoms with Gasteiger partial charge in [-0.2, -0.15) is 5.26 Å². The lowest BCUT2D eigenvalue weighted by atomic mass is 10.0. The number of methoxy groups -OCH3 is 1. The Morgan fingerprint density at radius 1 is 1.14 bits per heavy atom. The summed E-state index contributed by atoms with van der Waals surface area (Å²) in [6, 6.07) is 11.1. The molecule has 3 nitrogen and oxygen atoms in total. The van der Waals surface area contributed by atoms with Gasteiger partial charge in [0, 0.05) is 11.1 Å². The Bertz CT molecular complexity index is 754. The molecule has 22 heavy (non-hydrogen) atoms. The molecule has 0 bridgehead atoms. The number of hydrogen-bond donors (Lipinski definition) is 0. The van der Waals surface area contributed by atoms with Crippen molar-refractivity contribution >= 4 is 11.9 Å². The van der Waals surface area contributed by atoms with Crippen LogP contribution in [-0.4, -0.2) is 12.9 Å². The first-order chi connectivity index (χ1) is 10.6. The summed E-state index contributed by atoms with van der Waals surface area (Å²) in [4.78, 5) is 12.2.